The lowest BCUT2D eigenvalue weighted by Crippen LogP contribution is -2.73. The molecule has 0 bridgehead atoms. The molecule has 3 aliphatic carbocycles. The second-order valence-corrected chi connectivity index (χ2v) is 9.27. The smallest absolute Gasteiger partial charge is 0.176 e. The van der Waals surface area contributed by atoms with Crippen LogP contribution in [-0.4, -0.2) is 41.4 Å². The highest BCUT2D eigenvalue weighted by molar-refractivity contribution is 5.23. The molecule has 0 aromatic carbocycles. The molecule has 0 radical (unpaired) electrons. The molecule has 1 unspecified atom stereocenters. The molecule has 1 aliphatic heterocycles. The molecular formula is C22H34O4. The van der Waals surface area contributed by atoms with Gasteiger partial charge >= 0.3 is 0 Å². The Morgan fingerprint density at radius 2 is 1.81 bits per heavy atom. The van der Waals surface area contributed by atoms with Crippen LogP contribution >= 0.6 is 0 Å². The van der Waals surface area contributed by atoms with E-state index in [-0.39, 0.29) is 23.2 Å². The molecule has 4 heteroatoms. The third kappa shape index (κ3) is 2.83. The minimum atomic E-state index is -0.568. The van der Waals surface area contributed by atoms with Crippen molar-refractivity contribution in [2.75, 3.05) is 13.2 Å². The molecule has 1 heterocycles. The van der Waals surface area contributed by atoms with Crippen LogP contribution in [0.5, 0.6) is 0 Å². The number of hydrogen-bond acceptors (Lipinski definition) is 4. The third-order valence-corrected chi connectivity index (χ3v) is 7.85. The predicted molar refractivity (Wildman–Crippen MR) is 99.1 cm³/mol. The van der Waals surface area contributed by atoms with E-state index in [1.54, 1.807) is 0 Å². The summed E-state index contributed by atoms with van der Waals surface area (Å²) in [4.78, 5) is 0. The quantitative estimate of drug-likeness (QED) is 0.741. The maximum atomic E-state index is 10.6. The molecule has 3 saturated carbocycles. The van der Waals surface area contributed by atoms with Gasteiger partial charge in [0.15, 0.2) is 5.79 Å². The highest BCUT2D eigenvalue weighted by Crippen LogP contribution is 2.69. The highest BCUT2D eigenvalue weighted by atomic mass is 16.7. The highest BCUT2D eigenvalue weighted by Gasteiger charge is 2.74. The van der Waals surface area contributed by atoms with Crippen LogP contribution in [0.1, 0.15) is 65.2 Å². The van der Waals surface area contributed by atoms with Crippen molar-refractivity contribution < 1.29 is 19.7 Å². The van der Waals surface area contributed by atoms with Gasteiger partial charge in [0, 0.05) is 11.3 Å². The zero-order valence-corrected chi connectivity index (χ0v) is 16.2. The summed E-state index contributed by atoms with van der Waals surface area (Å²) >= 11 is 0. The summed E-state index contributed by atoms with van der Waals surface area (Å²) in [6.07, 6.45) is 7.78. The fraction of sp³-hybridized carbons (Fsp3) is 0.909. The van der Waals surface area contributed by atoms with Crippen LogP contribution < -0.4 is 0 Å². The molecular weight excluding hydrogens is 328 g/mol. The van der Waals surface area contributed by atoms with E-state index >= 15 is 0 Å². The molecule has 1 spiro atoms. The van der Waals surface area contributed by atoms with Gasteiger partial charge in [-0.05, 0) is 31.1 Å². The predicted octanol–water partition coefficient (Wildman–Crippen LogP) is 3.11. The van der Waals surface area contributed by atoms with Crippen molar-refractivity contribution in [3.63, 3.8) is 0 Å². The van der Waals surface area contributed by atoms with Crippen molar-refractivity contribution in [2.24, 2.45) is 29.1 Å². The van der Waals surface area contributed by atoms with Crippen LogP contribution in [0.15, 0.2) is 0 Å². The molecule has 4 fully saturated rings. The Kier molecular flexibility index (Phi) is 5.11. The third-order valence-electron chi connectivity index (χ3n) is 7.85. The van der Waals surface area contributed by atoms with E-state index in [1.807, 2.05) is 0 Å². The van der Waals surface area contributed by atoms with Crippen molar-refractivity contribution in [3.05, 3.63) is 0 Å². The van der Waals surface area contributed by atoms with Gasteiger partial charge in [-0.1, -0.05) is 57.8 Å². The van der Waals surface area contributed by atoms with Crippen LogP contribution in [0.25, 0.3) is 0 Å². The van der Waals surface area contributed by atoms with Gasteiger partial charge in [0.25, 0.3) is 0 Å². The van der Waals surface area contributed by atoms with Gasteiger partial charge in [-0.25, -0.2) is 0 Å². The Morgan fingerprint density at radius 3 is 2.50 bits per heavy atom. The van der Waals surface area contributed by atoms with E-state index < -0.39 is 18.0 Å². The van der Waals surface area contributed by atoms with Crippen molar-refractivity contribution in [1.29, 1.82) is 0 Å². The molecule has 4 nitrogen and oxygen atoms in total. The van der Waals surface area contributed by atoms with Gasteiger partial charge < -0.3 is 19.7 Å². The Balaban J connectivity index is 1.46. The molecule has 6 atom stereocenters. The van der Waals surface area contributed by atoms with Crippen molar-refractivity contribution in [3.8, 4) is 11.8 Å². The van der Waals surface area contributed by atoms with Crippen molar-refractivity contribution in [1.82, 2.24) is 0 Å². The summed E-state index contributed by atoms with van der Waals surface area (Å²) in [5.74, 6) is 6.90. The molecule has 0 aromatic heterocycles. The Morgan fingerprint density at radius 1 is 1.12 bits per heavy atom. The largest absolute Gasteiger partial charge is 0.392 e. The normalized spacial score (nSPS) is 43.2. The van der Waals surface area contributed by atoms with E-state index in [2.05, 4.69) is 25.7 Å². The monoisotopic (exact) mass is 362 g/mol. The minimum Gasteiger partial charge on any atom is -0.392 e. The van der Waals surface area contributed by atoms with Crippen LogP contribution in [0.3, 0.4) is 0 Å². The molecule has 1 saturated heterocycles. The minimum absolute atomic E-state index is 0.0875. The number of rotatable bonds is 2. The van der Waals surface area contributed by atoms with Crippen molar-refractivity contribution >= 4 is 0 Å². The zero-order valence-electron chi connectivity index (χ0n) is 16.2. The Hall–Kier alpha value is -0.600. The number of ether oxygens (including phenoxy) is 2. The summed E-state index contributed by atoms with van der Waals surface area (Å²) in [7, 11) is 0. The SMILES string of the molecule is CC1[C@@H]2[C@@H](C#C[C@@H](O)CC3CCCCC3)[C@H](O)CC[C@]2(C)C12OCCO2. The van der Waals surface area contributed by atoms with Crippen LogP contribution in [0.4, 0.5) is 0 Å². The Labute approximate surface area is 157 Å². The first-order valence-electron chi connectivity index (χ1n) is 10.6. The van der Waals surface area contributed by atoms with Crippen LogP contribution in [-0.2, 0) is 9.47 Å². The first-order valence-corrected chi connectivity index (χ1v) is 10.6. The average molecular weight is 363 g/mol. The van der Waals surface area contributed by atoms with E-state index in [1.165, 1.54) is 32.1 Å². The summed E-state index contributed by atoms with van der Waals surface area (Å²) < 4.78 is 12.1. The van der Waals surface area contributed by atoms with Gasteiger partial charge in [-0.3, -0.25) is 0 Å². The zero-order chi connectivity index (χ0) is 18.4. The summed E-state index contributed by atoms with van der Waals surface area (Å²) in [5, 5.41) is 21.0. The molecule has 0 aromatic rings. The second-order valence-electron chi connectivity index (χ2n) is 9.27. The lowest BCUT2D eigenvalue weighted by Gasteiger charge is -2.68. The fourth-order valence-electron chi connectivity index (χ4n) is 6.56. The summed E-state index contributed by atoms with van der Waals surface area (Å²) in [6.45, 7) is 5.72. The molecule has 2 N–H and O–H groups in total. The summed E-state index contributed by atoms with van der Waals surface area (Å²) in [5.41, 5.74) is -0.0875. The molecule has 146 valence electrons. The molecule has 4 rings (SSSR count). The Bertz CT molecular complexity index is 566. The lowest BCUT2D eigenvalue weighted by molar-refractivity contribution is -0.380. The van der Waals surface area contributed by atoms with Gasteiger partial charge in [0.05, 0.1) is 25.2 Å². The topological polar surface area (TPSA) is 58.9 Å². The van der Waals surface area contributed by atoms with Gasteiger partial charge in [-0.2, -0.15) is 0 Å². The molecule has 0 amide bonds. The van der Waals surface area contributed by atoms with Gasteiger partial charge in [0.1, 0.15) is 6.10 Å². The van der Waals surface area contributed by atoms with Crippen LogP contribution in [0.2, 0.25) is 0 Å². The average Bonchev–Trinajstić information content (AvgIpc) is 3.16. The number of aliphatic hydroxyl groups is 2. The summed E-state index contributed by atoms with van der Waals surface area (Å²) in [6, 6.07) is 0. The number of aliphatic hydroxyl groups excluding tert-OH is 2. The standard InChI is InChI=1S/C22H34O4/c1-15-20-18(9-8-17(23)14-16-6-4-3-5-7-16)19(24)10-11-21(20,2)22(15)25-12-13-26-22/h15-20,23-24H,3-7,10-14H2,1-2H3/t15?,17-,18+,19-,20-,21+/m1/s1. The van der Waals surface area contributed by atoms with Crippen molar-refractivity contribution in [2.45, 2.75) is 83.2 Å². The first kappa shape index (κ1) is 18.7. The first-order chi connectivity index (χ1) is 12.5. The second kappa shape index (κ2) is 7.09. The van der Waals surface area contributed by atoms with Crippen LogP contribution in [0, 0.1) is 40.9 Å². The fourth-order valence-corrected chi connectivity index (χ4v) is 6.56. The maximum absolute atomic E-state index is 10.6. The van der Waals surface area contributed by atoms with E-state index in [4.69, 9.17) is 9.47 Å². The van der Waals surface area contributed by atoms with Gasteiger partial charge in [0.2, 0.25) is 0 Å². The lowest BCUT2D eigenvalue weighted by atomic mass is 9.42. The molecule has 26 heavy (non-hydrogen) atoms. The molecule has 4 aliphatic rings. The number of fused-ring (bicyclic) bond motifs is 2. The maximum Gasteiger partial charge on any atom is 0.176 e. The van der Waals surface area contributed by atoms with E-state index in [0.717, 1.165) is 19.3 Å². The van der Waals surface area contributed by atoms with E-state index in [0.29, 0.717) is 19.1 Å². The number of hydrogen-bond donors (Lipinski definition) is 2. The van der Waals surface area contributed by atoms with E-state index in [9.17, 15) is 10.2 Å². The van der Waals surface area contributed by atoms with Gasteiger partial charge in [-0.15, -0.1) is 0 Å².